The Hall–Kier alpha value is -2.77. The Bertz CT molecular complexity index is 866. The van der Waals surface area contributed by atoms with Crippen LogP contribution in [-0.2, 0) is 17.6 Å². The summed E-state index contributed by atoms with van der Waals surface area (Å²) in [4.78, 5) is 41.0. The van der Waals surface area contributed by atoms with Gasteiger partial charge in [-0.1, -0.05) is 6.07 Å². The molecule has 0 spiro atoms. The molecule has 0 radical (unpaired) electrons. The summed E-state index contributed by atoms with van der Waals surface area (Å²) >= 11 is 0. The molecule has 1 aliphatic rings. The highest BCUT2D eigenvalue weighted by atomic mass is 19.1. The van der Waals surface area contributed by atoms with E-state index in [0.717, 1.165) is 0 Å². The van der Waals surface area contributed by atoms with E-state index >= 15 is 0 Å². The standard InChI is InChI=1S/C18H19F2N3O3/c19-14-2-1-3-15(20)13(14)8-11-4-6-23(7-5-11)17(25)10-12-9-16(24)22-18(26)21-12/h1-3,9,11H,4-8,10H2,(H2,21,22,24,26). The lowest BCUT2D eigenvalue weighted by molar-refractivity contribution is -0.131. The number of H-pyrrole nitrogens is 2. The van der Waals surface area contributed by atoms with Crippen LogP contribution in [0.5, 0.6) is 0 Å². The molecule has 1 saturated heterocycles. The molecule has 1 aliphatic heterocycles. The molecule has 2 N–H and O–H groups in total. The van der Waals surface area contributed by atoms with Gasteiger partial charge in [0.05, 0.1) is 6.42 Å². The molecule has 0 atom stereocenters. The van der Waals surface area contributed by atoms with Gasteiger partial charge in [-0.3, -0.25) is 14.6 Å². The maximum Gasteiger partial charge on any atom is 0.325 e. The van der Waals surface area contributed by atoms with E-state index < -0.39 is 22.9 Å². The zero-order valence-electron chi connectivity index (χ0n) is 14.1. The Labute approximate surface area is 147 Å². The molecule has 1 amide bonds. The number of carbonyl (C=O) groups is 1. The van der Waals surface area contributed by atoms with Gasteiger partial charge in [-0.25, -0.2) is 13.6 Å². The van der Waals surface area contributed by atoms with Crippen LogP contribution >= 0.6 is 0 Å². The molecule has 3 rings (SSSR count). The molecule has 0 bridgehead atoms. The lowest BCUT2D eigenvalue weighted by Gasteiger charge is -2.32. The van der Waals surface area contributed by atoms with Gasteiger partial charge in [0.15, 0.2) is 0 Å². The lowest BCUT2D eigenvalue weighted by atomic mass is 9.89. The van der Waals surface area contributed by atoms with E-state index in [2.05, 4.69) is 4.98 Å². The molecule has 1 aromatic heterocycles. The van der Waals surface area contributed by atoms with Crippen LogP contribution in [0.3, 0.4) is 0 Å². The van der Waals surface area contributed by atoms with Gasteiger partial charge < -0.3 is 9.88 Å². The summed E-state index contributed by atoms with van der Waals surface area (Å²) in [7, 11) is 0. The Kier molecular flexibility index (Phi) is 5.29. The van der Waals surface area contributed by atoms with Crippen LogP contribution < -0.4 is 11.2 Å². The molecule has 2 aromatic rings. The number of aromatic amines is 2. The van der Waals surface area contributed by atoms with Crippen LogP contribution in [0.25, 0.3) is 0 Å². The summed E-state index contributed by atoms with van der Waals surface area (Å²) in [6, 6.07) is 5.03. The third kappa shape index (κ3) is 4.25. The van der Waals surface area contributed by atoms with Crippen LogP contribution in [0.4, 0.5) is 8.78 Å². The first-order chi connectivity index (χ1) is 12.4. The highest BCUT2D eigenvalue weighted by Gasteiger charge is 2.25. The molecule has 2 heterocycles. The van der Waals surface area contributed by atoms with E-state index in [-0.39, 0.29) is 29.5 Å². The van der Waals surface area contributed by atoms with Crippen molar-refractivity contribution in [2.45, 2.75) is 25.7 Å². The normalized spacial score (nSPS) is 15.2. The minimum atomic E-state index is -0.647. The van der Waals surface area contributed by atoms with E-state index in [9.17, 15) is 23.2 Å². The molecule has 138 valence electrons. The average Bonchev–Trinajstić information content (AvgIpc) is 2.58. The zero-order valence-corrected chi connectivity index (χ0v) is 14.1. The van der Waals surface area contributed by atoms with Crippen molar-refractivity contribution < 1.29 is 13.6 Å². The summed E-state index contributed by atoms with van der Waals surface area (Å²) in [6.45, 7) is 0.958. The maximum atomic E-state index is 13.8. The van der Waals surface area contributed by atoms with Gasteiger partial charge in [-0.2, -0.15) is 0 Å². The summed E-state index contributed by atoms with van der Waals surface area (Å²) in [5.74, 6) is -1.17. The first kappa shape index (κ1) is 18.0. The SMILES string of the molecule is O=C(Cc1cc(=O)[nH]c(=O)[nH]1)N1CCC(Cc2c(F)cccc2F)CC1. The van der Waals surface area contributed by atoms with Crippen molar-refractivity contribution in [1.29, 1.82) is 0 Å². The number of rotatable bonds is 4. The van der Waals surface area contributed by atoms with Gasteiger partial charge in [0.2, 0.25) is 5.91 Å². The lowest BCUT2D eigenvalue weighted by Crippen LogP contribution is -2.40. The number of aromatic nitrogens is 2. The molecule has 1 fully saturated rings. The molecular formula is C18H19F2N3O3. The topological polar surface area (TPSA) is 86.0 Å². The Morgan fingerprint density at radius 1 is 1.12 bits per heavy atom. The Morgan fingerprint density at radius 3 is 2.38 bits per heavy atom. The van der Waals surface area contributed by atoms with Gasteiger partial charge in [0.1, 0.15) is 11.6 Å². The molecule has 26 heavy (non-hydrogen) atoms. The fraction of sp³-hybridized carbons (Fsp3) is 0.389. The summed E-state index contributed by atoms with van der Waals surface area (Å²) in [5.41, 5.74) is -0.842. The second kappa shape index (κ2) is 7.63. The number of benzene rings is 1. The van der Waals surface area contributed by atoms with Crippen LogP contribution in [0.2, 0.25) is 0 Å². The minimum absolute atomic E-state index is 0.0637. The number of halogens is 2. The number of nitrogens with zero attached hydrogens (tertiary/aromatic N) is 1. The number of nitrogens with one attached hydrogen (secondary N) is 2. The van der Waals surface area contributed by atoms with Crippen LogP contribution in [0.15, 0.2) is 33.9 Å². The van der Waals surface area contributed by atoms with Gasteiger partial charge in [-0.05, 0) is 37.3 Å². The molecule has 6 nitrogen and oxygen atoms in total. The zero-order chi connectivity index (χ0) is 18.7. The van der Waals surface area contributed by atoms with E-state index in [4.69, 9.17) is 0 Å². The summed E-state index contributed by atoms with van der Waals surface area (Å²) < 4.78 is 27.5. The first-order valence-electron chi connectivity index (χ1n) is 8.45. The van der Waals surface area contributed by atoms with E-state index in [1.165, 1.54) is 24.3 Å². The second-order valence-electron chi connectivity index (χ2n) is 6.52. The fourth-order valence-corrected chi connectivity index (χ4v) is 3.29. The third-order valence-electron chi connectivity index (χ3n) is 4.68. The first-order valence-corrected chi connectivity index (χ1v) is 8.45. The molecule has 0 saturated carbocycles. The van der Waals surface area contributed by atoms with Crippen molar-refractivity contribution in [2.75, 3.05) is 13.1 Å². The number of likely N-dealkylation sites (tertiary alicyclic amines) is 1. The van der Waals surface area contributed by atoms with Crippen molar-refractivity contribution in [3.8, 4) is 0 Å². The molecular weight excluding hydrogens is 344 g/mol. The van der Waals surface area contributed by atoms with Gasteiger partial charge in [0.25, 0.3) is 5.56 Å². The number of hydrogen-bond acceptors (Lipinski definition) is 3. The maximum absolute atomic E-state index is 13.8. The smallest absolute Gasteiger partial charge is 0.325 e. The highest BCUT2D eigenvalue weighted by molar-refractivity contribution is 5.78. The van der Waals surface area contributed by atoms with Crippen LogP contribution in [0, 0.1) is 17.6 Å². The molecule has 1 aromatic carbocycles. The van der Waals surface area contributed by atoms with Gasteiger partial charge >= 0.3 is 5.69 Å². The van der Waals surface area contributed by atoms with Crippen LogP contribution in [0.1, 0.15) is 24.1 Å². The molecule has 0 unspecified atom stereocenters. The van der Waals surface area contributed by atoms with Crippen molar-refractivity contribution in [1.82, 2.24) is 14.9 Å². The van der Waals surface area contributed by atoms with Crippen molar-refractivity contribution in [2.24, 2.45) is 5.92 Å². The molecule has 0 aliphatic carbocycles. The highest BCUT2D eigenvalue weighted by Crippen LogP contribution is 2.24. The van der Waals surface area contributed by atoms with E-state index in [0.29, 0.717) is 32.4 Å². The quantitative estimate of drug-likeness (QED) is 0.860. The second-order valence-corrected chi connectivity index (χ2v) is 6.52. The number of piperidine rings is 1. The predicted octanol–water partition coefficient (Wildman–Crippen LogP) is 1.37. The van der Waals surface area contributed by atoms with Gasteiger partial charge in [-0.15, -0.1) is 0 Å². The van der Waals surface area contributed by atoms with Crippen molar-refractivity contribution in [3.05, 3.63) is 68.0 Å². The minimum Gasteiger partial charge on any atom is -0.342 e. The van der Waals surface area contributed by atoms with Crippen LogP contribution in [-0.4, -0.2) is 33.9 Å². The number of carbonyl (C=O) groups excluding carboxylic acids is 1. The molecule has 8 heteroatoms. The van der Waals surface area contributed by atoms with Gasteiger partial charge in [0, 0.05) is 30.4 Å². The Balaban J connectivity index is 1.57. The van der Waals surface area contributed by atoms with Crippen molar-refractivity contribution in [3.63, 3.8) is 0 Å². The number of amides is 1. The third-order valence-corrected chi connectivity index (χ3v) is 4.68. The number of hydrogen-bond donors (Lipinski definition) is 2. The average molecular weight is 363 g/mol. The predicted molar refractivity (Wildman–Crippen MR) is 90.8 cm³/mol. The Morgan fingerprint density at radius 2 is 1.77 bits per heavy atom. The largest absolute Gasteiger partial charge is 0.342 e. The van der Waals surface area contributed by atoms with Crippen molar-refractivity contribution >= 4 is 5.91 Å². The summed E-state index contributed by atoms with van der Waals surface area (Å²) in [5, 5.41) is 0. The fourth-order valence-electron chi connectivity index (χ4n) is 3.29. The summed E-state index contributed by atoms with van der Waals surface area (Å²) in [6.07, 6.45) is 1.53. The van der Waals surface area contributed by atoms with E-state index in [1.807, 2.05) is 4.98 Å². The van der Waals surface area contributed by atoms with E-state index in [1.54, 1.807) is 4.90 Å². The monoisotopic (exact) mass is 363 g/mol.